The van der Waals surface area contributed by atoms with Crippen LogP contribution in [-0.2, 0) is 0 Å². The molecule has 0 N–H and O–H groups in total. The van der Waals surface area contributed by atoms with Gasteiger partial charge in [-0.1, -0.05) is 44.2 Å². The molecule has 2 aliphatic rings. The van der Waals surface area contributed by atoms with E-state index in [0.717, 1.165) is 65.1 Å². The number of furan rings is 1. The summed E-state index contributed by atoms with van der Waals surface area (Å²) in [6, 6.07) is 13.3. The summed E-state index contributed by atoms with van der Waals surface area (Å²) in [7, 11) is 0. The van der Waals surface area contributed by atoms with Gasteiger partial charge in [0.05, 0.1) is 5.69 Å². The molecule has 4 aromatic rings. The first kappa shape index (κ1) is 16.0. The van der Waals surface area contributed by atoms with Crippen LogP contribution in [0.4, 0.5) is 0 Å². The van der Waals surface area contributed by atoms with Crippen LogP contribution in [0.2, 0.25) is 0 Å². The first-order chi connectivity index (χ1) is 17.3. The molecule has 0 atom stereocenters. The van der Waals surface area contributed by atoms with Crippen LogP contribution in [0.5, 0.6) is 0 Å². The van der Waals surface area contributed by atoms with E-state index in [9.17, 15) is 1.37 Å². The van der Waals surface area contributed by atoms with Gasteiger partial charge >= 0.3 is 0 Å². The summed E-state index contributed by atoms with van der Waals surface area (Å²) in [5.41, 5.74) is 3.62. The predicted molar refractivity (Wildman–Crippen MR) is 131 cm³/mol. The van der Waals surface area contributed by atoms with Gasteiger partial charge in [0.1, 0.15) is 5.58 Å². The number of aryl methyl sites for hydroxylation is 1. The molecule has 0 amide bonds. The second kappa shape index (κ2) is 8.35. The largest absolute Gasteiger partial charge is 0.437 e. The van der Waals surface area contributed by atoms with Crippen molar-refractivity contribution in [2.24, 2.45) is 11.8 Å². The average Bonchev–Trinajstić information content (AvgIpc) is 3.27. The van der Waals surface area contributed by atoms with Crippen LogP contribution < -0.4 is 0 Å². The number of rotatable bonds is 3. The van der Waals surface area contributed by atoms with Gasteiger partial charge in [0.2, 0.25) is 5.71 Å². The molecule has 1 aromatic carbocycles. The number of fused-ring (bicyclic) bond motifs is 3. The van der Waals surface area contributed by atoms with Crippen molar-refractivity contribution in [3.8, 4) is 11.3 Å². The highest BCUT2D eigenvalue weighted by Crippen LogP contribution is 2.43. The van der Waals surface area contributed by atoms with Crippen LogP contribution in [-0.4, -0.2) is 9.97 Å². The summed E-state index contributed by atoms with van der Waals surface area (Å²) in [6.45, 7) is -2.29. The molecule has 0 radical (unpaired) electrons. The summed E-state index contributed by atoms with van der Waals surface area (Å²) < 4.78 is 38.5. The standard InChI is InChI=1S/C29H32N2O/c1-19-10-15-25-24-8-5-9-26(28(24)32-29(25)31-19)27-18-23(16-17-30-27)22-13-11-21(12-14-22)20-6-3-2-4-7-20/h5,8-10,15-18,20-22H,2-4,6-7,11-14H2,1H3/i1D3,22D. The predicted octanol–water partition coefficient (Wildman–Crippen LogP) is 8.21. The van der Waals surface area contributed by atoms with Crippen molar-refractivity contribution in [2.75, 3.05) is 0 Å². The van der Waals surface area contributed by atoms with Gasteiger partial charge < -0.3 is 4.42 Å². The van der Waals surface area contributed by atoms with Gasteiger partial charge in [-0.05, 0) is 86.2 Å². The van der Waals surface area contributed by atoms with E-state index in [-0.39, 0.29) is 5.69 Å². The SMILES string of the molecule is [2H]C([2H])([2H])c1ccc2c(n1)oc1c(-c3cc(C4([2H])CCC(C5CCCCC5)CC4)ccn3)cccc12. The minimum atomic E-state index is -2.29. The quantitative estimate of drug-likeness (QED) is 0.330. The Morgan fingerprint density at radius 2 is 1.75 bits per heavy atom. The summed E-state index contributed by atoms with van der Waals surface area (Å²) >= 11 is 0. The highest BCUT2D eigenvalue weighted by atomic mass is 16.3. The first-order valence-corrected chi connectivity index (χ1v) is 12.1. The maximum atomic E-state index is 9.34. The Bertz CT molecular complexity index is 1400. The lowest BCUT2D eigenvalue weighted by molar-refractivity contribution is 0.186. The molecule has 0 unspecified atom stereocenters. The summed E-state index contributed by atoms with van der Waals surface area (Å²) in [6.07, 6.45) is 12.8. The number of hydrogen-bond donors (Lipinski definition) is 0. The Morgan fingerprint density at radius 3 is 2.59 bits per heavy atom. The van der Waals surface area contributed by atoms with Gasteiger partial charge in [-0.25, -0.2) is 4.98 Å². The fraction of sp³-hybridized carbons (Fsp3) is 0.448. The van der Waals surface area contributed by atoms with Crippen molar-refractivity contribution in [2.45, 2.75) is 70.5 Å². The highest BCUT2D eigenvalue weighted by molar-refractivity contribution is 6.08. The van der Waals surface area contributed by atoms with Crippen molar-refractivity contribution in [3.63, 3.8) is 0 Å². The lowest BCUT2D eigenvalue weighted by Crippen LogP contribution is -2.23. The van der Waals surface area contributed by atoms with Crippen LogP contribution >= 0.6 is 0 Å². The van der Waals surface area contributed by atoms with Crippen LogP contribution in [0.3, 0.4) is 0 Å². The number of aromatic nitrogens is 2. The summed E-state index contributed by atoms with van der Waals surface area (Å²) in [5, 5.41) is 1.67. The van der Waals surface area contributed by atoms with E-state index in [2.05, 4.69) is 16.0 Å². The molecule has 3 aromatic heterocycles. The molecule has 0 saturated heterocycles. The van der Waals surface area contributed by atoms with Crippen LogP contribution in [0, 0.1) is 18.7 Å². The normalized spacial score (nSPS) is 27.1. The minimum Gasteiger partial charge on any atom is -0.437 e. The fourth-order valence-corrected chi connectivity index (χ4v) is 6.03. The minimum absolute atomic E-state index is 0.0238. The van der Waals surface area contributed by atoms with E-state index in [0.29, 0.717) is 11.3 Å². The Kier molecular flexibility index (Phi) is 4.18. The topological polar surface area (TPSA) is 38.9 Å². The van der Waals surface area contributed by atoms with Gasteiger partial charge in [0.15, 0.2) is 0 Å². The van der Waals surface area contributed by atoms with E-state index in [1.807, 2.05) is 24.3 Å². The van der Waals surface area contributed by atoms with Gasteiger partial charge in [-0.2, -0.15) is 0 Å². The third-order valence-electron chi connectivity index (χ3n) is 7.76. The van der Waals surface area contributed by atoms with Crippen LogP contribution in [0.25, 0.3) is 33.3 Å². The number of pyridine rings is 2. The molecular weight excluding hydrogens is 392 g/mol. The van der Waals surface area contributed by atoms with Crippen molar-refractivity contribution in [3.05, 3.63) is 59.9 Å². The first-order valence-electron chi connectivity index (χ1n) is 14.1. The zero-order valence-corrected chi connectivity index (χ0v) is 18.4. The second-order valence-electron chi connectivity index (χ2n) is 9.60. The zero-order valence-electron chi connectivity index (χ0n) is 22.4. The van der Waals surface area contributed by atoms with Gasteiger partial charge in [-0.15, -0.1) is 0 Å². The van der Waals surface area contributed by atoms with E-state index in [1.165, 1.54) is 32.1 Å². The van der Waals surface area contributed by atoms with Crippen molar-refractivity contribution < 1.29 is 9.90 Å². The lowest BCUT2D eigenvalue weighted by Gasteiger charge is -2.36. The zero-order chi connectivity index (χ0) is 24.9. The molecule has 0 spiro atoms. The molecule has 2 saturated carbocycles. The molecule has 3 nitrogen and oxygen atoms in total. The molecule has 2 aliphatic carbocycles. The summed E-state index contributed by atoms with van der Waals surface area (Å²) in [4.78, 5) is 8.93. The van der Waals surface area contributed by atoms with E-state index in [4.69, 9.17) is 8.53 Å². The van der Waals surface area contributed by atoms with Gasteiger partial charge in [0.25, 0.3) is 0 Å². The van der Waals surface area contributed by atoms with Crippen molar-refractivity contribution >= 4 is 22.1 Å². The molecule has 164 valence electrons. The Balaban J connectivity index is 1.32. The molecule has 0 aliphatic heterocycles. The van der Waals surface area contributed by atoms with Crippen LogP contribution in [0.1, 0.15) is 80.4 Å². The maximum absolute atomic E-state index is 9.34. The number of benzene rings is 1. The van der Waals surface area contributed by atoms with E-state index < -0.39 is 12.7 Å². The molecule has 2 fully saturated rings. The number of nitrogens with zero attached hydrogens (tertiary/aromatic N) is 2. The number of para-hydroxylation sites is 1. The number of hydrogen-bond acceptors (Lipinski definition) is 3. The molecule has 6 rings (SSSR count). The monoisotopic (exact) mass is 428 g/mol. The van der Waals surface area contributed by atoms with Crippen molar-refractivity contribution in [1.82, 2.24) is 9.97 Å². The molecule has 3 heteroatoms. The molecule has 32 heavy (non-hydrogen) atoms. The summed E-state index contributed by atoms with van der Waals surface area (Å²) in [5.74, 6) is 1.06. The molecule has 3 heterocycles. The van der Waals surface area contributed by atoms with Crippen molar-refractivity contribution in [1.29, 1.82) is 0 Å². The Morgan fingerprint density at radius 1 is 0.906 bits per heavy atom. The smallest absolute Gasteiger partial charge is 0.227 e. The van der Waals surface area contributed by atoms with Gasteiger partial charge in [0, 0.05) is 33.7 Å². The lowest BCUT2D eigenvalue weighted by atomic mass is 9.70. The molecule has 0 bridgehead atoms. The van der Waals surface area contributed by atoms with Crippen LogP contribution in [0.15, 0.2) is 53.1 Å². The Hall–Kier alpha value is -2.68. The third-order valence-corrected chi connectivity index (χ3v) is 7.76. The highest BCUT2D eigenvalue weighted by Gasteiger charge is 2.29. The fourth-order valence-electron chi connectivity index (χ4n) is 6.03. The molecular formula is C29H32N2O. The van der Waals surface area contributed by atoms with E-state index >= 15 is 0 Å². The van der Waals surface area contributed by atoms with Gasteiger partial charge in [-0.3, -0.25) is 4.98 Å². The Labute approximate surface area is 195 Å². The van der Waals surface area contributed by atoms with E-state index in [1.54, 1.807) is 18.3 Å². The maximum Gasteiger partial charge on any atom is 0.227 e. The average molecular weight is 429 g/mol. The third kappa shape index (κ3) is 3.62. The second-order valence-corrected chi connectivity index (χ2v) is 9.60.